The summed E-state index contributed by atoms with van der Waals surface area (Å²) in [7, 11) is -1.35. The molecule has 1 atom stereocenters. The second-order valence-corrected chi connectivity index (χ2v) is 6.81. The van der Waals surface area contributed by atoms with E-state index in [9.17, 15) is 4.89 Å². The Bertz CT molecular complexity index is 233. The molecular formula is C14H31O4P. The van der Waals surface area contributed by atoms with Gasteiger partial charge < -0.3 is 19.0 Å². The molecule has 1 unspecified atom stereocenters. The van der Waals surface area contributed by atoms with Crippen LogP contribution in [-0.4, -0.2) is 36.6 Å². The van der Waals surface area contributed by atoms with Crippen LogP contribution in [-0.2, 0) is 9.05 Å². The van der Waals surface area contributed by atoms with E-state index in [0.717, 1.165) is 25.7 Å². The smallest absolute Gasteiger partial charge is 0.247 e. The average Bonchev–Trinajstić information content (AvgIpc) is 2.40. The third-order valence-electron chi connectivity index (χ3n) is 3.13. The summed E-state index contributed by atoms with van der Waals surface area (Å²) in [5.41, 5.74) is 0. The van der Waals surface area contributed by atoms with Crippen molar-refractivity contribution < 1.29 is 19.0 Å². The zero-order chi connectivity index (χ0) is 14.4. The number of rotatable bonds is 14. The fourth-order valence-corrected chi connectivity index (χ4v) is 2.41. The number of aliphatic hydroxyl groups is 1. The highest BCUT2D eigenvalue weighted by Gasteiger charge is 2.07. The summed E-state index contributed by atoms with van der Waals surface area (Å²) in [6, 6.07) is 0. The Morgan fingerprint density at radius 3 is 1.68 bits per heavy atom. The number of hydrogen-bond donors (Lipinski definition) is 2. The predicted molar refractivity (Wildman–Crippen MR) is 82.5 cm³/mol. The predicted octanol–water partition coefficient (Wildman–Crippen LogP) is 3.73. The first-order chi connectivity index (χ1) is 9.12. The minimum atomic E-state index is -2.77. The van der Waals surface area contributed by atoms with E-state index >= 15 is 0 Å². The van der Waals surface area contributed by atoms with Crippen molar-refractivity contribution in [1.29, 1.82) is 0 Å². The van der Waals surface area contributed by atoms with Gasteiger partial charge in [-0.1, -0.05) is 51.4 Å². The van der Waals surface area contributed by atoms with Gasteiger partial charge >= 0.3 is 0 Å². The lowest BCUT2D eigenvalue weighted by Crippen LogP contribution is -1.95. The lowest BCUT2D eigenvalue weighted by Gasteiger charge is -2.14. The van der Waals surface area contributed by atoms with E-state index in [1.807, 2.05) is 0 Å². The molecule has 0 amide bonds. The molecule has 116 valence electrons. The molecule has 0 saturated heterocycles. The number of hydrogen-bond acceptors (Lipinski definition) is 4. The van der Waals surface area contributed by atoms with Crippen molar-refractivity contribution in [2.75, 3.05) is 20.3 Å². The van der Waals surface area contributed by atoms with Crippen LogP contribution < -0.4 is 0 Å². The monoisotopic (exact) mass is 294 g/mol. The largest absolute Gasteiger partial charge is 0.396 e. The zero-order valence-corrected chi connectivity index (χ0v) is 13.2. The van der Waals surface area contributed by atoms with Crippen molar-refractivity contribution in [2.45, 2.75) is 64.2 Å². The second-order valence-electron chi connectivity index (χ2n) is 4.91. The summed E-state index contributed by atoms with van der Waals surface area (Å²) in [6.07, 6.45) is 15.3. The minimum Gasteiger partial charge on any atom is -0.396 e. The van der Waals surface area contributed by atoms with Crippen molar-refractivity contribution in [3.05, 3.63) is 0 Å². The summed E-state index contributed by atoms with van der Waals surface area (Å²) >= 11 is 0. The van der Waals surface area contributed by atoms with Crippen molar-refractivity contribution in [3.63, 3.8) is 0 Å². The van der Waals surface area contributed by atoms with Gasteiger partial charge in [0.2, 0.25) is 7.57 Å². The van der Waals surface area contributed by atoms with Crippen molar-refractivity contribution in [3.8, 4) is 0 Å². The average molecular weight is 294 g/mol. The second kappa shape index (κ2) is 13.1. The SMILES string of the molecule is C=P(O)(OC)OCCCCCCCCCCCCO. The number of unbranched alkanes of at least 4 members (excludes halogenated alkanes) is 9. The summed E-state index contributed by atoms with van der Waals surface area (Å²) in [5.74, 6) is 0. The molecule has 0 saturated carbocycles. The van der Waals surface area contributed by atoms with E-state index in [-0.39, 0.29) is 0 Å². The van der Waals surface area contributed by atoms with Crippen LogP contribution >= 0.6 is 7.57 Å². The topological polar surface area (TPSA) is 58.9 Å². The maximum Gasteiger partial charge on any atom is 0.247 e. The summed E-state index contributed by atoms with van der Waals surface area (Å²) < 4.78 is 9.93. The van der Waals surface area contributed by atoms with Crippen LogP contribution in [0.4, 0.5) is 0 Å². The van der Waals surface area contributed by atoms with Gasteiger partial charge in [-0.05, 0) is 19.1 Å². The fourth-order valence-electron chi connectivity index (χ4n) is 1.89. The fraction of sp³-hybridized carbons (Fsp3) is 0.929. The quantitative estimate of drug-likeness (QED) is 0.378. The lowest BCUT2D eigenvalue weighted by molar-refractivity contribution is 0.219. The highest BCUT2D eigenvalue weighted by atomic mass is 31.2. The highest BCUT2D eigenvalue weighted by molar-refractivity contribution is 7.58. The van der Waals surface area contributed by atoms with Gasteiger partial charge in [-0.25, -0.2) is 0 Å². The molecule has 19 heavy (non-hydrogen) atoms. The molecule has 0 aromatic heterocycles. The van der Waals surface area contributed by atoms with Crippen molar-refractivity contribution in [1.82, 2.24) is 0 Å². The molecule has 0 aromatic rings. The Hall–Kier alpha value is 0.140. The van der Waals surface area contributed by atoms with Crippen LogP contribution in [0.1, 0.15) is 64.2 Å². The van der Waals surface area contributed by atoms with Gasteiger partial charge in [0, 0.05) is 13.7 Å². The Labute approximate surface area is 118 Å². The first kappa shape index (κ1) is 19.1. The zero-order valence-electron chi connectivity index (χ0n) is 12.4. The molecule has 0 heterocycles. The molecule has 0 fully saturated rings. The van der Waals surface area contributed by atoms with Crippen molar-refractivity contribution >= 4 is 13.9 Å². The maximum atomic E-state index is 9.42. The number of aliphatic hydroxyl groups excluding tert-OH is 1. The van der Waals surface area contributed by atoms with E-state index in [4.69, 9.17) is 14.2 Å². The van der Waals surface area contributed by atoms with E-state index in [0.29, 0.717) is 13.2 Å². The molecule has 0 bridgehead atoms. The Morgan fingerprint density at radius 1 is 0.842 bits per heavy atom. The molecule has 2 N–H and O–H groups in total. The van der Waals surface area contributed by atoms with Crippen molar-refractivity contribution in [2.24, 2.45) is 0 Å². The van der Waals surface area contributed by atoms with E-state index in [1.165, 1.54) is 45.6 Å². The van der Waals surface area contributed by atoms with Gasteiger partial charge in [0.05, 0.1) is 6.61 Å². The molecule has 0 spiro atoms. The standard InChI is InChI=1S/C14H31O4P/c1-17-19(2,16)18-14-12-10-8-6-4-3-5-7-9-11-13-15/h15-16H,2-14H2,1H3. The van der Waals surface area contributed by atoms with Crippen LogP contribution in [0.3, 0.4) is 0 Å². The molecule has 4 nitrogen and oxygen atoms in total. The van der Waals surface area contributed by atoms with Gasteiger partial charge in [-0.3, -0.25) is 0 Å². The van der Waals surface area contributed by atoms with Crippen LogP contribution in [0.25, 0.3) is 0 Å². The van der Waals surface area contributed by atoms with Gasteiger partial charge in [-0.15, -0.1) is 0 Å². The van der Waals surface area contributed by atoms with Crippen LogP contribution in [0.5, 0.6) is 0 Å². The molecule has 0 radical (unpaired) electrons. The minimum absolute atomic E-state index is 0.329. The molecule has 5 heteroatoms. The summed E-state index contributed by atoms with van der Waals surface area (Å²) in [5, 5.41) is 8.64. The molecule has 0 rings (SSSR count). The van der Waals surface area contributed by atoms with E-state index in [1.54, 1.807) is 0 Å². The highest BCUT2D eigenvalue weighted by Crippen LogP contribution is 2.41. The first-order valence-corrected chi connectivity index (χ1v) is 9.16. The van der Waals surface area contributed by atoms with Crippen LogP contribution in [0.15, 0.2) is 0 Å². The summed E-state index contributed by atoms with van der Waals surface area (Å²) in [6.45, 7) is 0.860. The molecular weight excluding hydrogens is 263 g/mol. The normalized spacial score (nSPS) is 14.5. The van der Waals surface area contributed by atoms with Crippen LogP contribution in [0.2, 0.25) is 0 Å². The van der Waals surface area contributed by atoms with Crippen LogP contribution in [0, 0.1) is 0 Å². The molecule has 0 aromatic carbocycles. The third-order valence-corrected chi connectivity index (χ3v) is 4.29. The van der Waals surface area contributed by atoms with Gasteiger partial charge in [0.1, 0.15) is 0 Å². The van der Waals surface area contributed by atoms with Gasteiger partial charge in [-0.2, -0.15) is 0 Å². The Kier molecular flexibility index (Phi) is 13.2. The Morgan fingerprint density at radius 2 is 1.26 bits per heavy atom. The van der Waals surface area contributed by atoms with Gasteiger partial charge in [0.25, 0.3) is 0 Å². The Balaban J connectivity index is 3.09. The van der Waals surface area contributed by atoms with E-state index in [2.05, 4.69) is 6.30 Å². The first-order valence-electron chi connectivity index (χ1n) is 7.39. The van der Waals surface area contributed by atoms with E-state index < -0.39 is 7.57 Å². The van der Waals surface area contributed by atoms with Gasteiger partial charge in [0.15, 0.2) is 0 Å². The molecule has 0 aliphatic carbocycles. The maximum absolute atomic E-state index is 9.42. The lowest BCUT2D eigenvalue weighted by atomic mass is 10.1. The third kappa shape index (κ3) is 14.4. The molecule has 0 aliphatic heterocycles. The summed E-state index contributed by atoms with van der Waals surface area (Å²) in [4.78, 5) is 9.42. The molecule has 0 aliphatic rings.